The molecule has 1 N–H and O–H groups in total. The second kappa shape index (κ2) is 7.11. The van der Waals surface area contributed by atoms with E-state index in [0.717, 1.165) is 16.6 Å². The van der Waals surface area contributed by atoms with Crippen molar-refractivity contribution in [3.8, 4) is 0 Å². The van der Waals surface area contributed by atoms with Gasteiger partial charge in [0.25, 0.3) is 5.56 Å². The first-order valence-electron chi connectivity index (χ1n) is 8.31. The maximum Gasteiger partial charge on any atom is 0.287 e. The molecule has 0 spiro atoms. The normalized spacial score (nSPS) is 10.6. The van der Waals surface area contributed by atoms with Crippen molar-refractivity contribution in [1.82, 2.24) is 9.71 Å². The standard InChI is InChI=1S/C21H17N3O2/c25-20-14-19(23-17-10-5-2-6-11-17)18-12-7-13-22-21(18)24(20)26-15-16-8-3-1-4-9-16/h1-14,23H,15H2. The van der Waals surface area contributed by atoms with E-state index in [-0.39, 0.29) is 12.2 Å². The fourth-order valence-corrected chi connectivity index (χ4v) is 2.75. The largest absolute Gasteiger partial charge is 0.404 e. The highest BCUT2D eigenvalue weighted by Gasteiger charge is 2.11. The zero-order chi connectivity index (χ0) is 17.8. The van der Waals surface area contributed by atoms with Crippen LogP contribution in [0.4, 0.5) is 11.4 Å². The molecule has 2 heterocycles. The average molecular weight is 343 g/mol. The van der Waals surface area contributed by atoms with Gasteiger partial charge in [0, 0.05) is 23.3 Å². The molecule has 4 aromatic rings. The van der Waals surface area contributed by atoms with Crippen molar-refractivity contribution in [2.45, 2.75) is 6.61 Å². The number of pyridine rings is 2. The van der Waals surface area contributed by atoms with Crippen LogP contribution in [0.15, 0.2) is 89.9 Å². The molecule has 5 nitrogen and oxygen atoms in total. The highest BCUT2D eigenvalue weighted by molar-refractivity contribution is 5.90. The monoisotopic (exact) mass is 343 g/mol. The molecular weight excluding hydrogens is 326 g/mol. The van der Waals surface area contributed by atoms with Gasteiger partial charge in [-0.1, -0.05) is 48.5 Å². The number of nitrogens with one attached hydrogen (secondary N) is 1. The lowest BCUT2D eigenvalue weighted by Gasteiger charge is -2.14. The van der Waals surface area contributed by atoms with Gasteiger partial charge in [-0.3, -0.25) is 4.79 Å². The number of benzene rings is 2. The van der Waals surface area contributed by atoms with Crippen molar-refractivity contribution in [3.05, 3.63) is 101 Å². The van der Waals surface area contributed by atoms with Gasteiger partial charge in [-0.05, 0) is 29.8 Å². The van der Waals surface area contributed by atoms with E-state index in [4.69, 9.17) is 4.84 Å². The molecule has 0 aliphatic carbocycles. The number of fused-ring (bicyclic) bond motifs is 1. The van der Waals surface area contributed by atoms with Crippen molar-refractivity contribution >= 4 is 22.4 Å². The van der Waals surface area contributed by atoms with E-state index >= 15 is 0 Å². The molecular formula is C21H17N3O2. The van der Waals surface area contributed by atoms with Crippen molar-refractivity contribution < 1.29 is 4.84 Å². The van der Waals surface area contributed by atoms with E-state index in [1.54, 1.807) is 6.20 Å². The highest BCUT2D eigenvalue weighted by Crippen LogP contribution is 2.23. The van der Waals surface area contributed by atoms with Crippen molar-refractivity contribution in [2.75, 3.05) is 5.32 Å². The van der Waals surface area contributed by atoms with E-state index in [2.05, 4.69) is 10.3 Å². The van der Waals surface area contributed by atoms with Crippen LogP contribution >= 0.6 is 0 Å². The minimum Gasteiger partial charge on any atom is -0.404 e. The Morgan fingerprint density at radius 1 is 0.923 bits per heavy atom. The number of para-hydroxylation sites is 1. The molecule has 128 valence electrons. The summed E-state index contributed by atoms with van der Waals surface area (Å²) in [6, 6.07) is 24.7. The Labute approximate surface area is 150 Å². The molecule has 0 unspecified atom stereocenters. The molecule has 2 aromatic carbocycles. The Kier molecular flexibility index (Phi) is 4.35. The molecule has 0 saturated carbocycles. The van der Waals surface area contributed by atoms with Crippen LogP contribution in [0.1, 0.15) is 5.56 Å². The summed E-state index contributed by atoms with van der Waals surface area (Å²) in [5.41, 5.74) is 2.79. The molecule has 0 radical (unpaired) electrons. The average Bonchev–Trinajstić information content (AvgIpc) is 2.69. The summed E-state index contributed by atoms with van der Waals surface area (Å²) < 4.78 is 1.25. The van der Waals surface area contributed by atoms with Gasteiger partial charge in [-0.25, -0.2) is 4.98 Å². The number of nitrogens with zero attached hydrogens (tertiary/aromatic N) is 2. The smallest absolute Gasteiger partial charge is 0.287 e. The van der Waals surface area contributed by atoms with Crippen LogP contribution in [0.5, 0.6) is 0 Å². The van der Waals surface area contributed by atoms with Gasteiger partial charge in [0.15, 0.2) is 5.65 Å². The van der Waals surface area contributed by atoms with Crippen LogP contribution in [0.25, 0.3) is 11.0 Å². The predicted molar refractivity (Wildman–Crippen MR) is 102 cm³/mol. The molecule has 0 amide bonds. The fraction of sp³-hybridized carbons (Fsp3) is 0.0476. The minimum atomic E-state index is -0.273. The fourth-order valence-electron chi connectivity index (χ4n) is 2.75. The molecule has 0 aliphatic heterocycles. The number of aromatic nitrogens is 2. The maximum atomic E-state index is 12.6. The molecule has 2 aromatic heterocycles. The third-order valence-electron chi connectivity index (χ3n) is 3.99. The lowest BCUT2D eigenvalue weighted by Crippen LogP contribution is -2.27. The van der Waals surface area contributed by atoms with E-state index in [1.807, 2.05) is 72.8 Å². The Bertz CT molecular complexity index is 1080. The Morgan fingerprint density at radius 3 is 2.42 bits per heavy atom. The van der Waals surface area contributed by atoms with Crippen molar-refractivity contribution in [1.29, 1.82) is 0 Å². The molecule has 0 aliphatic rings. The first kappa shape index (κ1) is 15.9. The van der Waals surface area contributed by atoms with Crippen LogP contribution in [0.3, 0.4) is 0 Å². The number of anilines is 2. The summed E-state index contributed by atoms with van der Waals surface area (Å²) in [5.74, 6) is 0. The zero-order valence-electron chi connectivity index (χ0n) is 14.0. The number of hydrogen-bond acceptors (Lipinski definition) is 4. The topological polar surface area (TPSA) is 56.2 Å². The molecule has 0 atom stereocenters. The van der Waals surface area contributed by atoms with Crippen LogP contribution in [0, 0.1) is 0 Å². The lowest BCUT2D eigenvalue weighted by molar-refractivity contribution is 0.0980. The summed E-state index contributed by atoms with van der Waals surface area (Å²) in [7, 11) is 0. The van der Waals surface area contributed by atoms with Crippen LogP contribution in [-0.2, 0) is 6.61 Å². The second-order valence-electron chi connectivity index (χ2n) is 5.82. The molecule has 0 fully saturated rings. The molecule has 0 bridgehead atoms. The summed E-state index contributed by atoms with van der Waals surface area (Å²) in [5, 5.41) is 4.09. The number of rotatable bonds is 5. The molecule has 4 rings (SSSR count). The first-order chi connectivity index (χ1) is 12.8. The van der Waals surface area contributed by atoms with E-state index in [0.29, 0.717) is 11.3 Å². The lowest BCUT2D eigenvalue weighted by atomic mass is 10.2. The van der Waals surface area contributed by atoms with Gasteiger partial charge in [0.1, 0.15) is 6.61 Å². The van der Waals surface area contributed by atoms with Gasteiger partial charge in [-0.15, -0.1) is 4.73 Å². The second-order valence-corrected chi connectivity index (χ2v) is 5.82. The van der Waals surface area contributed by atoms with Crippen LogP contribution in [0.2, 0.25) is 0 Å². The van der Waals surface area contributed by atoms with Gasteiger partial charge in [-0.2, -0.15) is 0 Å². The third kappa shape index (κ3) is 3.28. The van der Waals surface area contributed by atoms with Crippen LogP contribution in [-0.4, -0.2) is 9.71 Å². The van der Waals surface area contributed by atoms with Crippen LogP contribution < -0.4 is 15.7 Å². The summed E-state index contributed by atoms with van der Waals surface area (Å²) >= 11 is 0. The van der Waals surface area contributed by atoms with Gasteiger partial charge in [0.2, 0.25) is 0 Å². The maximum absolute atomic E-state index is 12.6. The third-order valence-corrected chi connectivity index (χ3v) is 3.99. The highest BCUT2D eigenvalue weighted by atomic mass is 16.7. The first-order valence-corrected chi connectivity index (χ1v) is 8.31. The van der Waals surface area contributed by atoms with Crippen molar-refractivity contribution in [3.63, 3.8) is 0 Å². The Morgan fingerprint density at radius 2 is 1.65 bits per heavy atom. The quantitative estimate of drug-likeness (QED) is 0.599. The zero-order valence-corrected chi connectivity index (χ0v) is 14.0. The Hall–Kier alpha value is -3.60. The molecule has 5 heteroatoms. The minimum absolute atomic E-state index is 0.273. The van der Waals surface area contributed by atoms with Gasteiger partial charge in [0.05, 0.1) is 5.69 Å². The van der Waals surface area contributed by atoms with Gasteiger partial charge >= 0.3 is 0 Å². The number of hydrogen-bond donors (Lipinski definition) is 1. The Balaban J connectivity index is 1.72. The molecule has 0 saturated heterocycles. The molecule has 26 heavy (non-hydrogen) atoms. The van der Waals surface area contributed by atoms with Gasteiger partial charge < -0.3 is 10.2 Å². The van der Waals surface area contributed by atoms with E-state index in [1.165, 1.54) is 10.8 Å². The summed E-state index contributed by atoms with van der Waals surface area (Å²) in [6.45, 7) is 0.290. The SMILES string of the molecule is O=c1cc(Nc2ccccc2)c2cccnc2n1OCc1ccccc1. The van der Waals surface area contributed by atoms with E-state index < -0.39 is 0 Å². The van der Waals surface area contributed by atoms with E-state index in [9.17, 15) is 4.79 Å². The summed E-state index contributed by atoms with van der Waals surface area (Å²) in [6.07, 6.45) is 1.65. The van der Waals surface area contributed by atoms with Crippen molar-refractivity contribution in [2.24, 2.45) is 0 Å². The predicted octanol–water partition coefficient (Wildman–Crippen LogP) is 3.77. The summed E-state index contributed by atoms with van der Waals surface area (Å²) in [4.78, 5) is 22.7.